The van der Waals surface area contributed by atoms with Crippen LogP contribution in [0, 0.1) is 5.82 Å². The number of hydrogen-bond acceptors (Lipinski definition) is 6. The molecule has 32 heavy (non-hydrogen) atoms. The Morgan fingerprint density at radius 3 is 2.94 bits per heavy atom. The van der Waals surface area contributed by atoms with Gasteiger partial charge in [0, 0.05) is 35.5 Å². The van der Waals surface area contributed by atoms with Gasteiger partial charge in [0.05, 0.1) is 12.2 Å². The standard InChI is InChI=1S/C21H19ClFN7O2/c1-29-20(31)16(27-21(29)32)7-11-9-25-30-18(26-12-5-6-12)8-17(28-19(11)30)24-10-13-14(22)3-2-4-15(13)23/h2-4,7-9,12,24,31H,5-6,10H2,1H3,(H,27,32). The van der Waals surface area contributed by atoms with Gasteiger partial charge < -0.3 is 15.4 Å². The van der Waals surface area contributed by atoms with Crippen LogP contribution >= 0.6 is 11.6 Å². The molecule has 9 nitrogen and oxygen atoms in total. The molecule has 1 aliphatic rings. The molecule has 4 aromatic rings. The van der Waals surface area contributed by atoms with E-state index in [9.17, 15) is 14.3 Å². The number of rotatable bonds is 5. The van der Waals surface area contributed by atoms with E-state index in [0.717, 1.165) is 17.4 Å². The van der Waals surface area contributed by atoms with Crippen LogP contribution in [0.25, 0.3) is 11.7 Å². The smallest absolute Gasteiger partial charge is 0.328 e. The van der Waals surface area contributed by atoms with E-state index in [-0.39, 0.29) is 24.2 Å². The third kappa shape index (κ3) is 3.73. The predicted molar refractivity (Wildman–Crippen MR) is 117 cm³/mol. The first-order chi connectivity index (χ1) is 15.4. The number of H-pyrrole nitrogens is 1. The monoisotopic (exact) mass is 455 g/mol. The van der Waals surface area contributed by atoms with Crippen molar-refractivity contribution in [3.05, 3.63) is 73.8 Å². The van der Waals surface area contributed by atoms with Gasteiger partial charge in [-0.1, -0.05) is 17.7 Å². The summed E-state index contributed by atoms with van der Waals surface area (Å²) in [5, 5.41) is 18.6. The first-order valence-electron chi connectivity index (χ1n) is 10.00. The molecule has 0 spiro atoms. The summed E-state index contributed by atoms with van der Waals surface area (Å²) in [5.41, 5.74) is 1.21. The van der Waals surface area contributed by atoms with Crippen LogP contribution in [0.15, 0.2) is 40.2 Å². The van der Waals surface area contributed by atoms with Crippen molar-refractivity contribution in [3.8, 4) is 5.88 Å². The Morgan fingerprint density at radius 2 is 2.25 bits per heavy atom. The van der Waals surface area contributed by atoms with Gasteiger partial charge in [0.2, 0.25) is 5.88 Å². The molecule has 11 heteroatoms. The minimum atomic E-state index is -0.438. The summed E-state index contributed by atoms with van der Waals surface area (Å²) in [6, 6.07) is 6.52. The van der Waals surface area contributed by atoms with E-state index < -0.39 is 11.5 Å². The van der Waals surface area contributed by atoms with Gasteiger partial charge in [0.15, 0.2) is 11.1 Å². The number of aromatic nitrogens is 5. The second-order valence-electron chi connectivity index (χ2n) is 7.62. The molecule has 1 aromatic carbocycles. The number of hydrogen-bond donors (Lipinski definition) is 3. The summed E-state index contributed by atoms with van der Waals surface area (Å²) < 4.78 is 16.9. The van der Waals surface area contributed by atoms with Crippen LogP contribution in [-0.4, -0.2) is 35.3 Å². The molecular formula is C21H19ClFN7O2. The molecule has 3 aromatic heterocycles. The normalized spacial score (nSPS) is 15.1. The summed E-state index contributed by atoms with van der Waals surface area (Å²) >= 11 is 6.13. The molecular weight excluding hydrogens is 437 g/mol. The average molecular weight is 456 g/mol. The Morgan fingerprint density at radius 1 is 1.44 bits per heavy atom. The Balaban J connectivity index is 1.61. The number of fused-ring (bicyclic) bond motifs is 1. The van der Waals surface area contributed by atoms with Crippen molar-refractivity contribution in [2.75, 3.05) is 5.32 Å². The van der Waals surface area contributed by atoms with Crippen LogP contribution in [0.3, 0.4) is 0 Å². The molecule has 3 N–H and O–H groups in total. The lowest BCUT2D eigenvalue weighted by Gasteiger charge is -2.09. The number of benzene rings is 1. The highest BCUT2D eigenvalue weighted by molar-refractivity contribution is 6.31. The SMILES string of the molecule is Cn1c(O)c(C=c2cnn3c(=NC4CC4)cc(NCc4c(F)cccc4Cl)nc23)[nH]c1=O. The van der Waals surface area contributed by atoms with Gasteiger partial charge in [-0.3, -0.25) is 9.56 Å². The molecule has 1 aliphatic carbocycles. The zero-order chi connectivity index (χ0) is 22.4. The molecule has 5 rings (SSSR count). The second-order valence-corrected chi connectivity index (χ2v) is 8.03. The number of aromatic hydroxyl groups is 1. The van der Waals surface area contributed by atoms with Gasteiger partial charge in [0.1, 0.15) is 17.3 Å². The number of nitrogens with one attached hydrogen (secondary N) is 2. The van der Waals surface area contributed by atoms with Crippen LogP contribution in [0.2, 0.25) is 5.02 Å². The molecule has 0 atom stereocenters. The second kappa shape index (κ2) is 7.79. The van der Waals surface area contributed by atoms with Gasteiger partial charge in [0.25, 0.3) is 0 Å². The molecule has 164 valence electrons. The highest BCUT2D eigenvalue weighted by atomic mass is 35.5. The van der Waals surface area contributed by atoms with Crippen molar-refractivity contribution < 1.29 is 9.50 Å². The van der Waals surface area contributed by atoms with Crippen LogP contribution in [0.1, 0.15) is 24.1 Å². The van der Waals surface area contributed by atoms with Gasteiger partial charge in [-0.2, -0.15) is 9.61 Å². The molecule has 0 unspecified atom stereocenters. The summed E-state index contributed by atoms with van der Waals surface area (Å²) in [6.07, 6.45) is 5.19. The van der Waals surface area contributed by atoms with Crippen molar-refractivity contribution in [2.24, 2.45) is 12.0 Å². The molecule has 3 heterocycles. The Bertz CT molecular complexity index is 1500. The van der Waals surface area contributed by atoms with E-state index in [0.29, 0.717) is 32.8 Å². The Hall–Kier alpha value is -3.66. The van der Waals surface area contributed by atoms with Crippen LogP contribution in [0.4, 0.5) is 10.2 Å². The maximum Gasteiger partial charge on any atom is 0.328 e. The zero-order valence-electron chi connectivity index (χ0n) is 17.0. The zero-order valence-corrected chi connectivity index (χ0v) is 17.8. The van der Waals surface area contributed by atoms with Crippen molar-refractivity contribution in [2.45, 2.75) is 25.4 Å². The lowest BCUT2D eigenvalue weighted by atomic mass is 10.2. The van der Waals surface area contributed by atoms with E-state index in [1.54, 1.807) is 35.0 Å². The number of aromatic amines is 1. The Kier molecular flexibility index (Phi) is 4.93. The summed E-state index contributed by atoms with van der Waals surface area (Å²) in [5.74, 6) is -0.131. The number of anilines is 1. The first-order valence-corrected chi connectivity index (χ1v) is 10.4. The number of halogens is 2. The number of imidazole rings is 1. The highest BCUT2D eigenvalue weighted by Crippen LogP contribution is 2.23. The third-order valence-electron chi connectivity index (χ3n) is 5.25. The van der Waals surface area contributed by atoms with E-state index in [1.165, 1.54) is 13.1 Å². The molecule has 1 saturated carbocycles. The lowest BCUT2D eigenvalue weighted by Crippen LogP contribution is -2.20. The fraction of sp³-hybridized carbons (Fsp3) is 0.238. The third-order valence-corrected chi connectivity index (χ3v) is 5.61. The molecule has 0 amide bonds. The fourth-order valence-corrected chi connectivity index (χ4v) is 3.54. The van der Waals surface area contributed by atoms with Crippen LogP contribution in [0.5, 0.6) is 5.88 Å². The molecule has 0 saturated heterocycles. The maximum absolute atomic E-state index is 14.2. The first kappa shape index (κ1) is 20.3. The predicted octanol–water partition coefficient (Wildman–Crippen LogP) is 1.48. The van der Waals surface area contributed by atoms with Gasteiger partial charge in [-0.05, 0) is 31.1 Å². The summed E-state index contributed by atoms with van der Waals surface area (Å²) in [6.45, 7) is 0.136. The number of nitrogens with zero attached hydrogens (tertiary/aromatic N) is 5. The van der Waals surface area contributed by atoms with Crippen molar-refractivity contribution in [1.82, 2.24) is 24.1 Å². The minimum Gasteiger partial charge on any atom is -0.493 e. The molecule has 0 aliphatic heterocycles. The van der Waals surface area contributed by atoms with Gasteiger partial charge in [-0.25, -0.2) is 14.2 Å². The molecule has 1 fully saturated rings. The van der Waals surface area contributed by atoms with E-state index >= 15 is 0 Å². The molecule has 0 radical (unpaired) electrons. The topological polar surface area (TPSA) is 113 Å². The van der Waals surface area contributed by atoms with Gasteiger partial charge in [-0.15, -0.1) is 0 Å². The highest BCUT2D eigenvalue weighted by Gasteiger charge is 2.20. The summed E-state index contributed by atoms with van der Waals surface area (Å²) in [7, 11) is 1.46. The lowest BCUT2D eigenvalue weighted by molar-refractivity contribution is 0.428. The van der Waals surface area contributed by atoms with Crippen molar-refractivity contribution in [1.29, 1.82) is 0 Å². The quantitative estimate of drug-likeness (QED) is 0.422. The van der Waals surface area contributed by atoms with Crippen LogP contribution in [-0.2, 0) is 13.6 Å². The average Bonchev–Trinajstić information content (AvgIpc) is 3.44. The summed E-state index contributed by atoms with van der Waals surface area (Å²) in [4.78, 5) is 23.7. The van der Waals surface area contributed by atoms with Crippen molar-refractivity contribution in [3.63, 3.8) is 0 Å². The molecule has 0 bridgehead atoms. The fourth-order valence-electron chi connectivity index (χ4n) is 3.31. The maximum atomic E-state index is 14.2. The van der Waals surface area contributed by atoms with E-state index in [1.807, 2.05) is 0 Å². The Labute approximate surface area is 185 Å². The van der Waals surface area contributed by atoms with Gasteiger partial charge >= 0.3 is 5.69 Å². The van der Waals surface area contributed by atoms with Crippen molar-refractivity contribution >= 4 is 29.1 Å². The van der Waals surface area contributed by atoms with Crippen LogP contribution < -0.4 is 21.7 Å². The largest absolute Gasteiger partial charge is 0.493 e. The minimum absolute atomic E-state index is 0.136. The van der Waals surface area contributed by atoms with E-state index in [4.69, 9.17) is 16.6 Å². The van der Waals surface area contributed by atoms with E-state index in [2.05, 4.69) is 20.4 Å².